The average molecular weight is 452 g/mol. The van der Waals surface area contributed by atoms with Crippen LogP contribution in [0.15, 0.2) is 36.4 Å². The molecule has 3 N–H and O–H groups in total. The Kier molecular flexibility index (Phi) is 6.13. The van der Waals surface area contributed by atoms with E-state index in [1.807, 2.05) is 13.0 Å². The monoisotopic (exact) mass is 451 g/mol. The first-order valence-electron chi connectivity index (χ1n) is 10.8. The number of carbonyl (C=O) groups excluding carboxylic acids is 3. The maximum atomic E-state index is 14.2. The summed E-state index contributed by atoms with van der Waals surface area (Å²) < 4.78 is 15.7. The molecule has 1 saturated carbocycles. The third-order valence-corrected chi connectivity index (χ3v) is 5.86. The maximum Gasteiger partial charge on any atom is 0.269 e. The van der Waals surface area contributed by atoms with Crippen LogP contribution in [0, 0.1) is 19.7 Å². The molecule has 3 amide bonds. The Hall–Kier alpha value is -3.75. The highest BCUT2D eigenvalue weighted by molar-refractivity contribution is 6.05. The van der Waals surface area contributed by atoms with Crippen LogP contribution >= 0.6 is 0 Å². The molecule has 1 heterocycles. The van der Waals surface area contributed by atoms with E-state index in [4.69, 9.17) is 5.73 Å². The summed E-state index contributed by atoms with van der Waals surface area (Å²) in [4.78, 5) is 39.1. The molecule has 1 aliphatic carbocycles. The normalized spacial score (nSPS) is 13.2. The van der Waals surface area contributed by atoms with Crippen LogP contribution in [0.3, 0.4) is 0 Å². The van der Waals surface area contributed by atoms with E-state index in [0.717, 1.165) is 18.4 Å². The highest BCUT2D eigenvalue weighted by atomic mass is 19.1. The SMILES string of the molecule is Cc1cccc(CNC(=O)CN(C(=O)Cn2nc(C(N)=O)c3cccc(C)c32)C2CC2)c1F. The van der Waals surface area contributed by atoms with Crippen molar-refractivity contribution in [3.63, 3.8) is 0 Å². The van der Waals surface area contributed by atoms with Crippen molar-refractivity contribution < 1.29 is 18.8 Å². The Bertz CT molecular complexity index is 1250. The number of carbonyl (C=O) groups is 3. The van der Waals surface area contributed by atoms with E-state index >= 15 is 0 Å². The van der Waals surface area contributed by atoms with E-state index in [2.05, 4.69) is 10.4 Å². The van der Waals surface area contributed by atoms with Crippen molar-refractivity contribution in [2.45, 2.75) is 45.8 Å². The first-order valence-corrected chi connectivity index (χ1v) is 10.8. The molecule has 0 aliphatic heterocycles. The smallest absolute Gasteiger partial charge is 0.269 e. The van der Waals surface area contributed by atoms with Crippen molar-refractivity contribution in [2.75, 3.05) is 6.54 Å². The van der Waals surface area contributed by atoms with Crippen LogP contribution in [-0.4, -0.2) is 45.0 Å². The van der Waals surface area contributed by atoms with Gasteiger partial charge in [-0.15, -0.1) is 0 Å². The standard InChI is InChI=1S/C24H26FN5O3/c1-14-5-3-7-16(21(14)25)11-27-19(31)12-29(17-9-10-17)20(32)13-30-23-15(2)6-4-8-18(23)22(28-30)24(26)33/h3-8,17H,9-13H2,1-2H3,(H2,26,33)(H,27,31). The second kappa shape index (κ2) is 9.01. The van der Waals surface area contributed by atoms with E-state index in [-0.39, 0.29) is 49.0 Å². The molecule has 8 nitrogen and oxygen atoms in total. The number of benzene rings is 2. The number of fused-ring (bicyclic) bond motifs is 1. The third-order valence-electron chi connectivity index (χ3n) is 5.86. The van der Waals surface area contributed by atoms with Crippen LogP contribution in [0.4, 0.5) is 4.39 Å². The predicted octanol–water partition coefficient (Wildman–Crippen LogP) is 2.20. The number of rotatable bonds is 8. The minimum Gasteiger partial charge on any atom is -0.364 e. The first-order chi connectivity index (χ1) is 15.8. The van der Waals surface area contributed by atoms with E-state index in [9.17, 15) is 18.8 Å². The van der Waals surface area contributed by atoms with Gasteiger partial charge in [0.05, 0.1) is 12.1 Å². The van der Waals surface area contributed by atoms with Crippen molar-refractivity contribution in [1.29, 1.82) is 0 Å². The van der Waals surface area contributed by atoms with Gasteiger partial charge in [0, 0.05) is 23.5 Å². The Morgan fingerprint density at radius 3 is 2.55 bits per heavy atom. The fourth-order valence-corrected chi connectivity index (χ4v) is 3.99. The lowest BCUT2D eigenvalue weighted by molar-refractivity contribution is -0.137. The molecule has 4 rings (SSSR count). The molecule has 0 saturated heterocycles. The van der Waals surface area contributed by atoms with Crippen LogP contribution < -0.4 is 11.1 Å². The van der Waals surface area contributed by atoms with Gasteiger partial charge in [0.2, 0.25) is 11.8 Å². The topological polar surface area (TPSA) is 110 Å². The number of nitrogens with one attached hydrogen (secondary N) is 1. The zero-order chi connectivity index (χ0) is 23.7. The number of halogens is 1. The lowest BCUT2D eigenvalue weighted by atomic mass is 10.1. The summed E-state index contributed by atoms with van der Waals surface area (Å²) in [6.45, 7) is 3.33. The second-order valence-electron chi connectivity index (χ2n) is 8.42. The maximum absolute atomic E-state index is 14.2. The van der Waals surface area contributed by atoms with Gasteiger partial charge in [-0.2, -0.15) is 5.10 Å². The number of para-hydroxylation sites is 1. The van der Waals surface area contributed by atoms with E-state index in [1.54, 1.807) is 37.3 Å². The molecule has 0 radical (unpaired) electrons. The van der Waals surface area contributed by atoms with Crippen molar-refractivity contribution in [3.05, 3.63) is 64.6 Å². The summed E-state index contributed by atoms with van der Waals surface area (Å²) in [5.74, 6) is -1.66. The van der Waals surface area contributed by atoms with Gasteiger partial charge in [-0.05, 0) is 37.8 Å². The van der Waals surface area contributed by atoms with Crippen LogP contribution in [0.5, 0.6) is 0 Å². The van der Waals surface area contributed by atoms with Crippen molar-refractivity contribution in [3.8, 4) is 0 Å². The second-order valence-corrected chi connectivity index (χ2v) is 8.42. The molecule has 172 valence electrons. The van der Waals surface area contributed by atoms with Gasteiger partial charge in [0.15, 0.2) is 5.69 Å². The van der Waals surface area contributed by atoms with E-state index in [0.29, 0.717) is 22.0 Å². The fourth-order valence-electron chi connectivity index (χ4n) is 3.99. The van der Waals surface area contributed by atoms with Crippen LogP contribution in [0.2, 0.25) is 0 Å². The van der Waals surface area contributed by atoms with Crippen molar-refractivity contribution in [2.24, 2.45) is 5.73 Å². The van der Waals surface area contributed by atoms with Gasteiger partial charge >= 0.3 is 0 Å². The Morgan fingerprint density at radius 1 is 1.15 bits per heavy atom. The molecule has 1 fully saturated rings. The molecule has 2 aromatic carbocycles. The molecule has 0 bridgehead atoms. The number of nitrogens with zero attached hydrogens (tertiary/aromatic N) is 3. The number of hydrogen-bond acceptors (Lipinski definition) is 4. The minimum atomic E-state index is -0.668. The number of nitrogens with two attached hydrogens (primary N) is 1. The molecule has 0 spiro atoms. The van der Waals surface area contributed by atoms with Crippen LogP contribution in [-0.2, 0) is 22.7 Å². The van der Waals surface area contributed by atoms with Gasteiger partial charge < -0.3 is 16.0 Å². The van der Waals surface area contributed by atoms with Crippen molar-refractivity contribution in [1.82, 2.24) is 20.0 Å². The summed E-state index contributed by atoms with van der Waals surface area (Å²) in [6, 6.07) is 10.4. The zero-order valence-electron chi connectivity index (χ0n) is 18.6. The highest BCUT2D eigenvalue weighted by Crippen LogP contribution is 2.28. The van der Waals surface area contributed by atoms with Gasteiger partial charge in [-0.3, -0.25) is 19.1 Å². The zero-order valence-corrected chi connectivity index (χ0v) is 18.6. The van der Waals surface area contributed by atoms with Gasteiger partial charge in [0.25, 0.3) is 5.91 Å². The summed E-state index contributed by atoms with van der Waals surface area (Å²) in [5, 5.41) is 7.57. The lowest BCUT2D eigenvalue weighted by Crippen LogP contribution is -2.43. The molecule has 3 aromatic rings. The Balaban J connectivity index is 1.48. The predicted molar refractivity (Wildman–Crippen MR) is 121 cm³/mol. The van der Waals surface area contributed by atoms with Gasteiger partial charge in [-0.25, -0.2) is 4.39 Å². The lowest BCUT2D eigenvalue weighted by Gasteiger charge is -2.22. The average Bonchev–Trinajstić information content (AvgIpc) is 3.54. The molecule has 9 heteroatoms. The number of hydrogen-bond donors (Lipinski definition) is 2. The molecule has 1 aromatic heterocycles. The van der Waals surface area contributed by atoms with E-state index < -0.39 is 5.91 Å². The van der Waals surface area contributed by atoms with Gasteiger partial charge in [-0.1, -0.05) is 36.4 Å². The number of primary amides is 1. The van der Waals surface area contributed by atoms with Gasteiger partial charge in [0.1, 0.15) is 12.4 Å². The molecule has 1 aliphatic rings. The van der Waals surface area contributed by atoms with Crippen LogP contribution in [0.1, 0.15) is 40.0 Å². The fraction of sp³-hybridized carbons (Fsp3) is 0.333. The number of amides is 3. The molecular formula is C24H26FN5O3. The third kappa shape index (κ3) is 4.72. The number of aromatic nitrogens is 2. The molecule has 0 unspecified atom stereocenters. The first kappa shape index (κ1) is 22.4. The summed E-state index contributed by atoms with van der Waals surface area (Å²) in [5.41, 5.74) is 8.00. The summed E-state index contributed by atoms with van der Waals surface area (Å²) >= 11 is 0. The molecule has 33 heavy (non-hydrogen) atoms. The van der Waals surface area contributed by atoms with Crippen molar-refractivity contribution >= 4 is 28.6 Å². The minimum absolute atomic E-state index is 0.0162. The molecule has 0 atom stereocenters. The summed E-state index contributed by atoms with van der Waals surface area (Å²) in [6.07, 6.45) is 1.63. The number of aryl methyl sites for hydroxylation is 2. The highest BCUT2D eigenvalue weighted by Gasteiger charge is 2.34. The quantitative estimate of drug-likeness (QED) is 0.547. The van der Waals surface area contributed by atoms with Crippen LogP contribution in [0.25, 0.3) is 10.9 Å². The molecular weight excluding hydrogens is 425 g/mol. The Morgan fingerprint density at radius 2 is 1.85 bits per heavy atom. The largest absolute Gasteiger partial charge is 0.364 e. The Labute approximate surface area is 190 Å². The summed E-state index contributed by atoms with van der Waals surface area (Å²) in [7, 11) is 0. The van der Waals surface area contributed by atoms with E-state index in [1.165, 1.54) is 9.58 Å².